The lowest BCUT2D eigenvalue weighted by molar-refractivity contribution is -0.137. The third-order valence-electron chi connectivity index (χ3n) is 5.80. The van der Waals surface area contributed by atoms with E-state index in [1.807, 2.05) is 30.3 Å². The summed E-state index contributed by atoms with van der Waals surface area (Å²) in [4.78, 5) is 16.8. The van der Waals surface area contributed by atoms with Crippen LogP contribution in [0.3, 0.4) is 0 Å². The molecular formula is C23H28F3N3O4S. The van der Waals surface area contributed by atoms with E-state index in [-0.39, 0.29) is 29.6 Å². The molecule has 186 valence electrons. The van der Waals surface area contributed by atoms with Gasteiger partial charge in [-0.05, 0) is 29.7 Å². The summed E-state index contributed by atoms with van der Waals surface area (Å²) < 4.78 is 65.1. The molecular weight excluding hydrogens is 471 g/mol. The van der Waals surface area contributed by atoms with Crippen LogP contribution in [0.2, 0.25) is 0 Å². The van der Waals surface area contributed by atoms with E-state index in [1.54, 1.807) is 7.05 Å². The molecule has 2 atom stereocenters. The van der Waals surface area contributed by atoms with Crippen molar-refractivity contribution < 1.29 is 31.5 Å². The van der Waals surface area contributed by atoms with Crippen LogP contribution in [-0.2, 0) is 27.4 Å². The van der Waals surface area contributed by atoms with E-state index < -0.39 is 27.9 Å². The molecule has 1 unspecified atom stereocenters. The third-order valence-corrected chi connectivity index (χ3v) is 6.39. The predicted octanol–water partition coefficient (Wildman–Crippen LogP) is 2.89. The number of nitrogens with one attached hydrogen (secondary N) is 1. The number of halogens is 3. The molecule has 1 aliphatic rings. The minimum absolute atomic E-state index is 0.138. The summed E-state index contributed by atoms with van der Waals surface area (Å²) >= 11 is 0. The Morgan fingerprint density at radius 1 is 1.24 bits per heavy atom. The van der Waals surface area contributed by atoms with Crippen molar-refractivity contribution >= 4 is 21.6 Å². The number of hydrogen-bond donors (Lipinski definition) is 2. The van der Waals surface area contributed by atoms with Gasteiger partial charge >= 0.3 is 6.18 Å². The summed E-state index contributed by atoms with van der Waals surface area (Å²) in [6, 6.07) is 11.6. The summed E-state index contributed by atoms with van der Waals surface area (Å²) in [5.41, 5.74) is -0.281. The number of benzene rings is 2. The van der Waals surface area contributed by atoms with Crippen LogP contribution >= 0.6 is 0 Å². The monoisotopic (exact) mass is 499 g/mol. The van der Waals surface area contributed by atoms with Crippen LogP contribution < -0.4 is 4.72 Å². The van der Waals surface area contributed by atoms with Crippen LogP contribution in [0, 0.1) is 0 Å². The zero-order valence-electron chi connectivity index (χ0n) is 18.9. The topological polar surface area (TPSA) is 90.0 Å². The van der Waals surface area contributed by atoms with Crippen LogP contribution in [-0.4, -0.2) is 68.3 Å². The second-order valence-corrected chi connectivity index (χ2v) is 10.3. The molecule has 2 N–H and O–H groups in total. The highest BCUT2D eigenvalue weighted by molar-refractivity contribution is 7.92. The number of rotatable bonds is 8. The smallest absolute Gasteiger partial charge is 0.392 e. The third kappa shape index (κ3) is 6.94. The molecule has 11 heteroatoms. The van der Waals surface area contributed by atoms with E-state index in [9.17, 15) is 31.5 Å². The predicted molar refractivity (Wildman–Crippen MR) is 123 cm³/mol. The SMILES string of the molecule is CN(C(=O)Cc1ccc(C(F)(F)F)cc1NS(C)(=O)=O)[C@H](CN1CCC(O)C1)c1ccccc1. The fourth-order valence-corrected chi connectivity index (χ4v) is 4.60. The number of β-amino-alcohol motifs (C(OH)–C–C–N with tert-alkyl or cyclic N) is 1. The zero-order valence-corrected chi connectivity index (χ0v) is 19.7. The number of amides is 1. The standard InChI is InChI=1S/C23H28F3N3O4S/c1-28(21(16-6-4-3-5-7-16)15-29-11-10-19(30)14-29)22(31)12-17-8-9-18(23(24,25)26)13-20(17)27-34(2,32)33/h3-9,13,19,21,27,30H,10-12,14-15H2,1-2H3/t19?,21-/m1/s1. The van der Waals surface area contributed by atoms with Crippen molar-refractivity contribution in [2.45, 2.75) is 31.2 Å². The second kappa shape index (κ2) is 10.3. The first-order valence-corrected chi connectivity index (χ1v) is 12.6. The number of nitrogens with zero attached hydrogens (tertiary/aromatic N) is 2. The summed E-state index contributed by atoms with van der Waals surface area (Å²) in [5, 5.41) is 9.87. The van der Waals surface area contributed by atoms with Crippen molar-refractivity contribution in [3.8, 4) is 0 Å². The number of hydrogen-bond acceptors (Lipinski definition) is 5. The summed E-state index contributed by atoms with van der Waals surface area (Å²) in [5.74, 6) is -0.384. The normalized spacial score (nSPS) is 18.0. The first-order chi connectivity index (χ1) is 15.8. The van der Waals surface area contributed by atoms with E-state index in [2.05, 4.69) is 9.62 Å². The van der Waals surface area contributed by atoms with Gasteiger partial charge in [0.05, 0.1) is 36.1 Å². The van der Waals surface area contributed by atoms with Gasteiger partial charge in [-0.25, -0.2) is 8.42 Å². The Hall–Kier alpha value is -2.63. The highest BCUT2D eigenvalue weighted by Gasteiger charge is 2.32. The van der Waals surface area contributed by atoms with Crippen molar-refractivity contribution in [1.29, 1.82) is 0 Å². The van der Waals surface area contributed by atoms with E-state index in [0.717, 1.165) is 24.0 Å². The van der Waals surface area contributed by atoms with E-state index in [4.69, 9.17) is 0 Å². The molecule has 1 saturated heterocycles. The van der Waals surface area contributed by atoms with Crippen LogP contribution in [0.4, 0.5) is 18.9 Å². The van der Waals surface area contributed by atoms with Crippen LogP contribution in [0.5, 0.6) is 0 Å². The molecule has 0 saturated carbocycles. The number of aliphatic hydroxyl groups excluding tert-OH is 1. The number of alkyl halides is 3. The van der Waals surface area contributed by atoms with Gasteiger partial charge in [0.15, 0.2) is 0 Å². The van der Waals surface area contributed by atoms with Gasteiger partial charge in [0.2, 0.25) is 15.9 Å². The molecule has 1 aliphatic heterocycles. The molecule has 0 bridgehead atoms. The van der Waals surface area contributed by atoms with Gasteiger partial charge in [0, 0.05) is 26.7 Å². The maximum Gasteiger partial charge on any atom is 0.416 e. The maximum absolute atomic E-state index is 13.2. The minimum Gasteiger partial charge on any atom is -0.392 e. The maximum atomic E-state index is 13.2. The molecule has 1 fully saturated rings. The lowest BCUT2D eigenvalue weighted by Crippen LogP contribution is -2.39. The Balaban J connectivity index is 1.87. The highest BCUT2D eigenvalue weighted by Crippen LogP contribution is 2.33. The van der Waals surface area contributed by atoms with Gasteiger partial charge in [0.25, 0.3) is 0 Å². The molecule has 0 spiro atoms. The lowest BCUT2D eigenvalue weighted by atomic mass is 10.0. The molecule has 7 nitrogen and oxygen atoms in total. The average molecular weight is 500 g/mol. The summed E-state index contributed by atoms with van der Waals surface area (Å²) in [6.45, 7) is 1.66. The minimum atomic E-state index is -4.66. The van der Waals surface area contributed by atoms with Gasteiger partial charge < -0.3 is 10.0 Å². The van der Waals surface area contributed by atoms with Crippen LogP contribution in [0.15, 0.2) is 48.5 Å². The van der Waals surface area contributed by atoms with Crippen molar-refractivity contribution in [2.24, 2.45) is 0 Å². The average Bonchev–Trinajstić information content (AvgIpc) is 3.16. The van der Waals surface area contributed by atoms with Crippen molar-refractivity contribution in [3.63, 3.8) is 0 Å². The number of sulfonamides is 1. The van der Waals surface area contributed by atoms with Gasteiger partial charge in [-0.2, -0.15) is 13.2 Å². The molecule has 2 aromatic rings. The Kier molecular flexibility index (Phi) is 7.89. The summed E-state index contributed by atoms with van der Waals surface area (Å²) in [6.07, 6.45) is -3.90. The number of likely N-dealkylation sites (tertiary alicyclic amines) is 1. The zero-order chi connectivity index (χ0) is 25.1. The molecule has 2 aromatic carbocycles. The Labute approximate surface area is 197 Å². The molecule has 1 heterocycles. The fraction of sp³-hybridized carbons (Fsp3) is 0.435. The quantitative estimate of drug-likeness (QED) is 0.583. The molecule has 3 rings (SSSR count). The van der Waals surface area contributed by atoms with E-state index in [1.165, 1.54) is 4.90 Å². The second-order valence-electron chi connectivity index (χ2n) is 8.55. The number of aliphatic hydroxyl groups is 1. The highest BCUT2D eigenvalue weighted by atomic mass is 32.2. The fourth-order valence-electron chi connectivity index (χ4n) is 4.01. The number of likely N-dealkylation sites (N-methyl/N-ethyl adjacent to an activating group) is 1. The first kappa shape index (κ1) is 26.0. The first-order valence-electron chi connectivity index (χ1n) is 10.7. The Morgan fingerprint density at radius 3 is 2.47 bits per heavy atom. The lowest BCUT2D eigenvalue weighted by Gasteiger charge is -2.32. The van der Waals surface area contributed by atoms with E-state index in [0.29, 0.717) is 32.1 Å². The van der Waals surface area contributed by atoms with Gasteiger partial charge in [-0.15, -0.1) is 0 Å². The number of carbonyl (C=O) groups excluding carboxylic acids is 1. The Bertz CT molecular complexity index is 1110. The molecule has 1 amide bonds. The largest absolute Gasteiger partial charge is 0.416 e. The van der Waals surface area contributed by atoms with Crippen LogP contribution in [0.25, 0.3) is 0 Å². The Morgan fingerprint density at radius 2 is 1.91 bits per heavy atom. The summed E-state index contributed by atoms with van der Waals surface area (Å²) in [7, 11) is -2.26. The number of carbonyl (C=O) groups is 1. The van der Waals surface area contributed by atoms with Crippen molar-refractivity contribution in [3.05, 3.63) is 65.2 Å². The van der Waals surface area contributed by atoms with Crippen molar-refractivity contribution in [2.75, 3.05) is 37.7 Å². The van der Waals surface area contributed by atoms with E-state index >= 15 is 0 Å². The van der Waals surface area contributed by atoms with Gasteiger partial charge in [-0.1, -0.05) is 36.4 Å². The molecule has 0 radical (unpaired) electrons. The molecule has 34 heavy (non-hydrogen) atoms. The molecule has 0 aromatic heterocycles. The van der Waals surface area contributed by atoms with Crippen LogP contribution in [0.1, 0.15) is 29.2 Å². The van der Waals surface area contributed by atoms with Gasteiger partial charge in [-0.3, -0.25) is 14.4 Å². The number of anilines is 1. The molecule has 0 aliphatic carbocycles. The van der Waals surface area contributed by atoms with Gasteiger partial charge in [0.1, 0.15) is 0 Å². The van der Waals surface area contributed by atoms with Crippen molar-refractivity contribution in [1.82, 2.24) is 9.80 Å².